The quantitative estimate of drug-likeness (QED) is 0.878. The molecule has 4 heteroatoms. The first-order chi connectivity index (χ1) is 7.79. The molecule has 1 aliphatic carbocycles. The molecule has 0 aromatic carbocycles. The lowest BCUT2D eigenvalue weighted by atomic mass is 9.91. The Hall–Kier alpha value is -0.610. The molecule has 0 saturated heterocycles. The van der Waals surface area contributed by atoms with Crippen LogP contribution in [0, 0.1) is 5.92 Å². The molecule has 16 heavy (non-hydrogen) atoms. The van der Waals surface area contributed by atoms with E-state index in [2.05, 4.69) is 16.9 Å². The molecule has 1 aromatic heterocycles. The molecule has 1 saturated carbocycles. The third-order valence-corrected chi connectivity index (χ3v) is 4.42. The van der Waals surface area contributed by atoms with Gasteiger partial charge in [0.05, 0.1) is 5.69 Å². The number of thioether (sulfide) groups is 1. The van der Waals surface area contributed by atoms with E-state index in [0.29, 0.717) is 11.8 Å². The molecule has 0 bridgehead atoms. The van der Waals surface area contributed by atoms with Crippen LogP contribution in [0.5, 0.6) is 0 Å². The number of hydrogen-bond acceptors (Lipinski definition) is 4. The SMILES string of the molecule is CC1CCCC(Sc2nccnc2CN)C1. The highest BCUT2D eigenvalue weighted by Crippen LogP contribution is 2.35. The summed E-state index contributed by atoms with van der Waals surface area (Å²) in [5, 5.41) is 1.73. The Bertz CT molecular complexity index is 343. The maximum absolute atomic E-state index is 5.67. The van der Waals surface area contributed by atoms with Gasteiger partial charge in [-0.3, -0.25) is 4.98 Å². The van der Waals surface area contributed by atoms with Crippen molar-refractivity contribution in [1.29, 1.82) is 0 Å². The molecule has 0 amide bonds. The van der Waals surface area contributed by atoms with E-state index in [1.807, 2.05) is 11.8 Å². The predicted molar refractivity (Wildman–Crippen MR) is 67.2 cm³/mol. The van der Waals surface area contributed by atoms with Gasteiger partial charge in [-0.2, -0.15) is 0 Å². The van der Waals surface area contributed by atoms with Gasteiger partial charge in [-0.15, -0.1) is 11.8 Å². The van der Waals surface area contributed by atoms with Gasteiger partial charge in [0.2, 0.25) is 0 Å². The van der Waals surface area contributed by atoms with Gasteiger partial charge in [0.25, 0.3) is 0 Å². The summed E-state index contributed by atoms with van der Waals surface area (Å²) in [4.78, 5) is 8.66. The fourth-order valence-electron chi connectivity index (χ4n) is 2.24. The van der Waals surface area contributed by atoms with Crippen molar-refractivity contribution in [3.8, 4) is 0 Å². The summed E-state index contributed by atoms with van der Waals surface area (Å²) in [7, 11) is 0. The zero-order chi connectivity index (χ0) is 11.4. The first-order valence-corrected chi connectivity index (χ1v) is 6.84. The number of nitrogens with two attached hydrogens (primary N) is 1. The first kappa shape index (κ1) is 11.9. The molecule has 1 aromatic rings. The van der Waals surface area contributed by atoms with Crippen LogP contribution in [0.25, 0.3) is 0 Å². The third-order valence-electron chi connectivity index (χ3n) is 3.10. The van der Waals surface area contributed by atoms with E-state index in [4.69, 9.17) is 5.73 Å². The molecule has 2 unspecified atom stereocenters. The molecular formula is C12H19N3S. The van der Waals surface area contributed by atoms with Crippen molar-refractivity contribution in [3.63, 3.8) is 0 Å². The minimum Gasteiger partial charge on any atom is -0.325 e. The van der Waals surface area contributed by atoms with E-state index in [-0.39, 0.29) is 0 Å². The minimum absolute atomic E-state index is 0.485. The highest BCUT2D eigenvalue weighted by atomic mass is 32.2. The van der Waals surface area contributed by atoms with Crippen LogP contribution >= 0.6 is 11.8 Å². The molecule has 2 rings (SSSR count). The average Bonchev–Trinajstić information content (AvgIpc) is 2.30. The van der Waals surface area contributed by atoms with Crippen molar-refractivity contribution in [2.45, 2.75) is 49.4 Å². The second kappa shape index (κ2) is 5.64. The predicted octanol–water partition coefficient (Wildman–Crippen LogP) is 2.61. The first-order valence-electron chi connectivity index (χ1n) is 5.96. The number of hydrogen-bond donors (Lipinski definition) is 1. The van der Waals surface area contributed by atoms with Crippen LogP contribution in [0.1, 0.15) is 38.3 Å². The van der Waals surface area contributed by atoms with E-state index in [0.717, 1.165) is 16.6 Å². The fourth-order valence-corrected chi connectivity index (χ4v) is 3.65. The van der Waals surface area contributed by atoms with Crippen LogP contribution in [0.4, 0.5) is 0 Å². The number of aromatic nitrogens is 2. The van der Waals surface area contributed by atoms with Gasteiger partial charge < -0.3 is 5.73 Å². The molecule has 0 aliphatic heterocycles. The summed E-state index contributed by atoms with van der Waals surface area (Å²) in [6.07, 6.45) is 8.79. The molecule has 1 fully saturated rings. The molecule has 0 spiro atoms. The summed E-state index contributed by atoms with van der Waals surface area (Å²) < 4.78 is 0. The largest absolute Gasteiger partial charge is 0.325 e. The van der Waals surface area contributed by atoms with Gasteiger partial charge in [0.15, 0.2) is 0 Å². The second-order valence-corrected chi connectivity index (χ2v) is 5.81. The zero-order valence-electron chi connectivity index (χ0n) is 9.72. The summed E-state index contributed by atoms with van der Waals surface area (Å²) >= 11 is 1.87. The van der Waals surface area contributed by atoms with E-state index < -0.39 is 0 Å². The summed E-state index contributed by atoms with van der Waals surface area (Å²) in [5.74, 6) is 0.851. The van der Waals surface area contributed by atoms with E-state index >= 15 is 0 Å². The maximum atomic E-state index is 5.67. The van der Waals surface area contributed by atoms with E-state index in [1.54, 1.807) is 12.4 Å². The van der Waals surface area contributed by atoms with Gasteiger partial charge in [-0.05, 0) is 18.8 Å². The normalized spacial score (nSPS) is 25.6. The van der Waals surface area contributed by atoms with Gasteiger partial charge in [0.1, 0.15) is 5.03 Å². The molecule has 1 heterocycles. The van der Waals surface area contributed by atoms with Gasteiger partial charge in [-0.25, -0.2) is 4.98 Å². The minimum atomic E-state index is 0.485. The Balaban J connectivity index is 2.02. The third kappa shape index (κ3) is 2.95. The molecular weight excluding hydrogens is 218 g/mol. The number of rotatable bonds is 3. The van der Waals surface area contributed by atoms with Crippen molar-refractivity contribution >= 4 is 11.8 Å². The smallest absolute Gasteiger partial charge is 0.119 e. The van der Waals surface area contributed by atoms with Gasteiger partial charge in [0, 0.05) is 24.2 Å². The standard InChI is InChI=1S/C12H19N3S/c1-9-3-2-4-10(7-9)16-12-11(8-13)14-5-6-15-12/h5-6,9-10H,2-4,7-8,13H2,1H3. The van der Waals surface area contributed by atoms with E-state index in [1.165, 1.54) is 25.7 Å². The monoisotopic (exact) mass is 237 g/mol. The highest BCUT2D eigenvalue weighted by molar-refractivity contribution is 7.99. The van der Waals surface area contributed by atoms with E-state index in [9.17, 15) is 0 Å². The Morgan fingerprint density at radius 2 is 2.19 bits per heavy atom. The Morgan fingerprint density at radius 3 is 2.94 bits per heavy atom. The summed E-state index contributed by atoms with van der Waals surface area (Å²) in [6.45, 7) is 2.83. The van der Waals surface area contributed by atoms with Gasteiger partial charge >= 0.3 is 0 Å². The van der Waals surface area contributed by atoms with Crippen molar-refractivity contribution in [1.82, 2.24) is 9.97 Å². The average molecular weight is 237 g/mol. The molecule has 1 aliphatic rings. The van der Waals surface area contributed by atoms with Crippen molar-refractivity contribution in [2.24, 2.45) is 11.7 Å². The van der Waals surface area contributed by atoms with Crippen molar-refractivity contribution in [3.05, 3.63) is 18.1 Å². The summed E-state index contributed by atoms with van der Waals surface area (Å²) in [6, 6.07) is 0. The topological polar surface area (TPSA) is 51.8 Å². The lowest BCUT2D eigenvalue weighted by Crippen LogP contribution is -2.16. The van der Waals surface area contributed by atoms with Crippen LogP contribution in [0.15, 0.2) is 17.4 Å². The Morgan fingerprint density at radius 1 is 1.38 bits per heavy atom. The highest BCUT2D eigenvalue weighted by Gasteiger charge is 2.21. The molecule has 2 atom stereocenters. The molecule has 0 radical (unpaired) electrons. The number of nitrogens with zero attached hydrogens (tertiary/aromatic N) is 2. The zero-order valence-corrected chi connectivity index (χ0v) is 10.5. The second-order valence-electron chi connectivity index (χ2n) is 4.52. The van der Waals surface area contributed by atoms with Crippen LogP contribution in [0.3, 0.4) is 0 Å². The van der Waals surface area contributed by atoms with Crippen LogP contribution in [-0.2, 0) is 6.54 Å². The summed E-state index contributed by atoms with van der Waals surface area (Å²) in [5.41, 5.74) is 6.60. The van der Waals surface area contributed by atoms with Gasteiger partial charge in [-0.1, -0.05) is 19.8 Å². The van der Waals surface area contributed by atoms with Crippen molar-refractivity contribution < 1.29 is 0 Å². The Kier molecular flexibility index (Phi) is 4.18. The van der Waals surface area contributed by atoms with Crippen molar-refractivity contribution in [2.75, 3.05) is 0 Å². The lowest BCUT2D eigenvalue weighted by Gasteiger charge is -2.26. The fraction of sp³-hybridized carbons (Fsp3) is 0.667. The van der Waals surface area contributed by atoms with Crippen LogP contribution < -0.4 is 5.73 Å². The molecule has 88 valence electrons. The lowest BCUT2D eigenvalue weighted by molar-refractivity contribution is 0.394. The van der Waals surface area contributed by atoms with Crippen LogP contribution in [-0.4, -0.2) is 15.2 Å². The van der Waals surface area contributed by atoms with Crippen LogP contribution in [0.2, 0.25) is 0 Å². The maximum Gasteiger partial charge on any atom is 0.119 e. The molecule has 3 nitrogen and oxygen atoms in total. The Labute approximate surface area is 101 Å². The molecule has 2 N–H and O–H groups in total.